The van der Waals surface area contributed by atoms with Crippen molar-refractivity contribution in [3.8, 4) is 0 Å². The third kappa shape index (κ3) is 6.99. The van der Waals surface area contributed by atoms with Crippen LogP contribution in [0.1, 0.15) is 24.0 Å². The molecule has 1 saturated heterocycles. The molecule has 5 rings (SSSR count). The Bertz CT molecular complexity index is 1200. The normalized spacial score (nSPS) is 18.5. The quantitative estimate of drug-likeness (QED) is 0.355. The maximum atomic E-state index is 12.6. The molecule has 37 heavy (non-hydrogen) atoms. The van der Waals surface area contributed by atoms with Crippen molar-refractivity contribution in [3.63, 3.8) is 0 Å². The van der Waals surface area contributed by atoms with Gasteiger partial charge in [0.25, 0.3) is 0 Å². The van der Waals surface area contributed by atoms with Crippen LogP contribution in [0.25, 0.3) is 10.9 Å². The first kappa shape index (κ1) is 25.9. The standard InChI is InChI=1S/C29H37ClN6O/c30-24-7-8-25-26(9-12-32-27(25)20-24)31-10-3-13-35-15-17-36(18-16-35)14-4-11-33-29(37)28-19-22-5-1-2-6-23(22)21-34-28/h1-2,5-9,12,20,28,34H,3-4,10-11,13-19,21H2,(H,31,32)(H,33,37)/t28-/m1/s1. The van der Waals surface area contributed by atoms with Gasteiger partial charge in [0.15, 0.2) is 0 Å². The summed E-state index contributed by atoms with van der Waals surface area (Å²) < 4.78 is 0. The van der Waals surface area contributed by atoms with E-state index in [2.05, 4.69) is 55.0 Å². The minimum absolute atomic E-state index is 0.122. The van der Waals surface area contributed by atoms with E-state index in [1.807, 2.05) is 30.5 Å². The van der Waals surface area contributed by atoms with Gasteiger partial charge in [-0.3, -0.25) is 9.78 Å². The molecule has 0 spiro atoms. The van der Waals surface area contributed by atoms with E-state index >= 15 is 0 Å². The molecular weight excluding hydrogens is 484 g/mol. The third-order valence-electron chi connectivity index (χ3n) is 7.48. The Hall–Kier alpha value is -2.71. The lowest BCUT2D eigenvalue weighted by atomic mass is 9.95. The first-order chi connectivity index (χ1) is 18.2. The lowest BCUT2D eigenvalue weighted by Gasteiger charge is -2.34. The molecule has 1 fully saturated rings. The van der Waals surface area contributed by atoms with Crippen LogP contribution in [-0.2, 0) is 17.8 Å². The number of nitrogens with zero attached hydrogens (tertiary/aromatic N) is 3. The second-order valence-corrected chi connectivity index (χ2v) is 10.5. The van der Waals surface area contributed by atoms with E-state index in [4.69, 9.17) is 11.6 Å². The number of hydrogen-bond donors (Lipinski definition) is 3. The SMILES string of the molecule is O=C(NCCCN1CCN(CCCNc2ccnc3cc(Cl)ccc23)CC1)[C@H]1Cc2ccccc2CN1. The molecule has 2 aliphatic rings. The van der Waals surface area contributed by atoms with Crippen molar-refractivity contribution in [2.75, 3.05) is 57.7 Å². The average molecular weight is 521 g/mol. The number of anilines is 1. The molecule has 7 nitrogen and oxygen atoms in total. The van der Waals surface area contributed by atoms with E-state index in [1.165, 1.54) is 11.1 Å². The zero-order chi connectivity index (χ0) is 25.5. The number of fused-ring (bicyclic) bond motifs is 2. The van der Waals surface area contributed by atoms with Crippen molar-refractivity contribution < 1.29 is 4.79 Å². The lowest BCUT2D eigenvalue weighted by Crippen LogP contribution is -2.49. The Morgan fingerprint density at radius 3 is 2.49 bits per heavy atom. The van der Waals surface area contributed by atoms with Crippen molar-refractivity contribution in [2.24, 2.45) is 0 Å². The number of aromatic nitrogens is 1. The Labute approximate surface area is 224 Å². The summed E-state index contributed by atoms with van der Waals surface area (Å²) in [6.07, 6.45) is 4.69. The summed E-state index contributed by atoms with van der Waals surface area (Å²) in [5.41, 5.74) is 4.62. The number of rotatable bonds is 10. The van der Waals surface area contributed by atoms with E-state index in [9.17, 15) is 4.79 Å². The summed E-state index contributed by atoms with van der Waals surface area (Å²) in [6, 6.07) is 16.1. The number of benzene rings is 2. The van der Waals surface area contributed by atoms with Crippen LogP contribution in [0.4, 0.5) is 5.69 Å². The minimum atomic E-state index is -0.122. The molecule has 3 N–H and O–H groups in total. The molecule has 0 bridgehead atoms. The summed E-state index contributed by atoms with van der Waals surface area (Å²) in [5, 5.41) is 11.9. The van der Waals surface area contributed by atoms with Crippen molar-refractivity contribution >= 4 is 34.1 Å². The smallest absolute Gasteiger partial charge is 0.237 e. The van der Waals surface area contributed by atoms with Crippen LogP contribution in [0.2, 0.25) is 5.02 Å². The molecule has 8 heteroatoms. The highest BCUT2D eigenvalue weighted by molar-refractivity contribution is 6.31. The number of nitrogens with one attached hydrogen (secondary N) is 3. The molecule has 196 valence electrons. The molecule has 0 aliphatic carbocycles. The fourth-order valence-electron chi connectivity index (χ4n) is 5.31. The minimum Gasteiger partial charge on any atom is -0.384 e. The van der Waals surface area contributed by atoms with Crippen LogP contribution in [0, 0.1) is 0 Å². The second kappa shape index (κ2) is 12.7. The summed E-state index contributed by atoms with van der Waals surface area (Å²) in [7, 11) is 0. The van der Waals surface area contributed by atoms with Gasteiger partial charge in [0, 0.05) is 68.1 Å². The number of carbonyl (C=O) groups is 1. The van der Waals surface area contributed by atoms with Crippen LogP contribution < -0.4 is 16.0 Å². The molecule has 1 amide bonds. The van der Waals surface area contributed by atoms with Crippen molar-refractivity contribution in [1.82, 2.24) is 25.4 Å². The molecule has 2 aromatic carbocycles. The van der Waals surface area contributed by atoms with Gasteiger partial charge >= 0.3 is 0 Å². The summed E-state index contributed by atoms with van der Waals surface area (Å²) in [6.45, 7) is 8.98. The van der Waals surface area contributed by atoms with E-state index in [0.29, 0.717) is 5.02 Å². The highest BCUT2D eigenvalue weighted by Crippen LogP contribution is 2.24. The first-order valence-corrected chi connectivity index (χ1v) is 13.8. The Morgan fingerprint density at radius 1 is 0.973 bits per heavy atom. The Kier molecular flexibility index (Phi) is 8.89. The number of piperazine rings is 1. The van der Waals surface area contributed by atoms with E-state index in [1.54, 1.807) is 0 Å². The van der Waals surface area contributed by atoms with Crippen LogP contribution in [0.15, 0.2) is 54.7 Å². The number of amides is 1. The van der Waals surface area contributed by atoms with Gasteiger partial charge in [0.2, 0.25) is 5.91 Å². The first-order valence-electron chi connectivity index (χ1n) is 13.5. The van der Waals surface area contributed by atoms with Gasteiger partial charge in [-0.05, 0) is 67.7 Å². The highest BCUT2D eigenvalue weighted by Gasteiger charge is 2.23. The number of hydrogen-bond acceptors (Lipinski definition) is 6. The molecule has 3 aromatic rings. The topological polar surface area (TPSA) is 72.5 Å². The van der Waals surface area contributed by atoms with E-state index in [0.717, 1.165) is 94.8 Å². The third-order valence-corrected chi connectivity index (χ3v) is 7.72. The van der Waals surface area contributed by atoms with E-state index < -0.39 is 0 Å². The zero-order valence-corrected chi connectivity index (χ0v) is 22.1. The monoisotopic (exact) mass is 520 g/mol. The zero-order valence-electron chi connectivity index (χ0n) is 21.4. The Morgan fingerprint density at radius 2 is 1.70 bits per heavy atom. The molecule has 1 aromatic heterocycles. The summed E-state index contributed by atoms with van der Waals surface area (Å²) in [5.74, 6) is 0.122. The van der Waals surface area contributed by atoms with Crippen LogP contribution in [0.3, 0.4) is 0 Å². The van der Waals surface area contributed by atoms with Gasteiger partial charge in [0.1, 0.15) is 0 Å². The van der Waals surface area contributed by atoms with E-state index in [-0.39, 0.29) is 11.9 Å². The van der Waals surface area contributed by atoms with Gasteiger partial charge in [-0.15, -0.1) is 0 Å². The molecule has 0 saturated carbocycles. The molecule has 0 unspecified atom stereocenters. The van der Waals surface area contributed by atoms with Crippen LogP contribution in [0.5, 0.6) is 0 Å². The molecule has 3 heterocycles. The summed E-state index contributed by atoms with van der Waals surface area (Å²) in [4.78, 5) is 22.1. The predicted octanol–water partition coefficient (Wildman–Crippen LogP) is 3.53. The number of halogens is 1. The molecular formula is C29H37ClN6O. The summed E-state index contributed by atoms with van der Waals surface area (Å²) >= 11 is 6.10. The number of carbonyl (C=O) groups excluding carboxylic acids is 1. The number of pyridine rings is 1. The van der Waals surface area contributed by atoms with Gasteiger partial charge < -0.3 is 25.8 Å². The Balaban J connectivity index is 0.937. The highest BCUT2D eigenvalue weighted by atomic mass is 35.5. The van der Waals surface area contributed by atoms with Gasteiger partial charge in [0.05, 0.1) is 11.6 Å². The molecule has 1 atom stereocenters. The van der Waals surface area contributed by atoms with Gasteiger partial charge in [-0.2, -0.15) is 0 Å². The molecule has 2 aliphatic heterocycles. The van der Waals surface area contributed by atoms with Crippen molar-refractivity contribution in [1.29, 1.82) is 0 Å². The van der Waals surface area contributed by atoms with Crippen LogP contribution >= 0.6 is 11.6 Å². The predicted molar refractivity (Wildman–Crippen MR) is 151 cm³/mol. The van der Waals surface area contributed by atoms with Crippen molar-refractivity contribution in [3.05, 3.63) is 70.9 Å². The van der Waals surface area contributed by atoms with Gasteiger partial charge in [-0.25, -0.2) is 0 Å². The fraction of sp³-hybridized carbons (Fsp3) is 0.448. The van der Waals surface area contributed by atoms with Gasteiger partial charge in [-0.1, -0.05) is 35.9 Å². The largest absolute Gasteiger partial charge is 0.384 e. The average Bonchev–Trinajstić information content (AvgIpc) is 2.93. The van der Waals surface area contributed by atoms with Crippen LogP contribution in [-0.4, -0.2) is 79.1 Å². The fourth-order valence-corrected chi connectivity index (χ4v) is 5.48. The lowest BCUT2D eigenvalue weighted by molar-refractivity contribution is -0.123. The second-order valence-electron chi connectivity index (χ2n) is 10.0. The maximum Gasteiger partial charge on any atom is 0.237 e. The molecule has 0 radical (unpaired) electrons. The van der Waals surface area contributed by atoms with Crippen molar-refractivity contribution in [2.45, 2.75) is 31.8 Å². The maximum absolute atomic E-state index is 12.6.